The highest BCUT2D eigenvalue weighted by Gasteiger charge is 2.25. The van der Waals surface area contributed by atoms with E-state index in [0.29, 0.717) is 24.3 Å². The molecule has 6 aromatic rings. The van der Waals surface area contributed by atoms with E-state index in [4.69, 9.17) is 16.9 Å². The fourth-order valence-electron chi connectivity index (χ4n) is 7.36. The number of aliphatic hydroxyl groups is 1. The number of allylic oxidation sites excluding steroid dienone is 10. The van der Waals surface area contributed by atoms with Crippen LogP contribution in [-0.2, 0) is 22.6 Å². The Morgan fingerprint density at radius 1 is 0.682 bits per heavy atom. The maximum absolute atomic E-state index is 12.8. The summed E-state index contributed by atoms with van der Waals surface area (Å²) in [7, 11) is 0. The Labute approximate surface area is 394 Å². The van der Waals surface area contributed by atoms with E-state index >= 15 is 0 Å². The minimum absolute atomic E-state index is 0.00140. The van der Waals surface area contributed by atoms with Crippen molar-refractivity contribution in [2.75, 3.05) is 5.73 Å². The molecule has 346 valence electrons. The van der Waals surface area contributed by atoms with Gasteiger partial charge in [0, 0.05) is 30.1 Å². The van der Waals surface area contributed by atoms with Crippen molar-refractivity contribution in [1.82, 2.24) is 0 Å². The molecule has 7 rings (SSSR count). The molecule has 0 unspecified atom stereocenters. The zero-order valence-corrected chi connectivity index (χ0v) is 40.8. The van der Waals surface area contributed by atoms with Gasteiger partial charge in [0.15, 0.2) is 5.78 Å². The fraction of sp³-hybridized carbons (Fsp3) is 0.237. The van der Waals surface area contributed by atoms with Gasteiger partial charge in [-0.15, -0.1) is 0 Å². The summed E-state index contributed by atoms with van der Waals surface area (Å²) in [5.41, 5.74) is 27.0. The Kier molecular flexibility index (Phi) is 24.5. The summed E-state index contributed by atoms with van der Waals surface area (Å²) in [4.78, 5) is 22.0. The van der Waals surface area contributed by atoms with Crippen LogP contribution in [0.3, 0.4) is 0 Å². The second-order valence-corrected chi connectivity index (χ2v) is 15.1. The Bertz CT molecular complexity index is 2610. The first-order valence-electron chi connectivity index (χ1n) is 22.9. The molecular weight excluding hydrogens is 813 g/mol. The lowest BCUT2D eigenvalue weighted by molar-refractivity contribution is -0.116. The quantitative estimate of drug-likeness (QED) is 0.0423. The van der Waals surface area contributed by atoms with Crippen molar-refractivity contribution >= 4 is 50.2 Å². The third-order valence-corrected chi connectivity index (χ3v) is 10.4. The van der Waals surface area contributed by atoms with Crippen molar-refractivity contribution in [3.63, 3.8) is 0 Å². The number of carbonyl (C=O) groups excluding carboxylic acids is 2. The Morgan fingerprint density at radius 3 is 1.67 bits per heavy atom. The van der Waals surface area contributed by atoms with E-state index in [9.17, 15) is 14.7 Å². The third-order valence-electron chi connectivity index (χ3n) is 10.4. The number of aryl methyl sites for hydroxylation is 2. The molecule has 8 N–H and O–H groups in total. The van der Waals surface area contributed by atoms with Gasteiger partial charge in [0.25, 0.3) is 0 Å². The van der Waals surface area contributed by atoms with Gasteiger partial charge in [0.1, 0.15) is 5.76 Å². The molecular formula is C59H72N4O3. The molecule has 0 bridgehead atoms. The zero-order valence-electron chi connectivity index (χ0n) is 40.8. The first-order valence-corrected chi connectivity index (χ1v) is 22.9. The molecule has 1 aliphatic rings. The molecule has 7 nitrogen and oxygen atoms in total. The number of ketones is 1. The SMILES string of the molecule is CC.CC.CC(=O)C(=C(C)O)C1=C(C=CC(=N)c2cccc3cccc(C)c23)CC/C1=C\C=C(/C)c1cccc2cccc(N)c12.CC(N)=O.CCc1ccccc1.NCc1ccccc1. The second-order valence-electron chi connectivity index (χ2n) is 15.1. The minimum Gasteiger partial charge on any atom is -0.512 e. The number of primary amides is 1. The van der Waals surface area contributed by atoms with E-state index in [1.54, 1.807) is 6.92 Å². The van der Waals surface area contributed by atoms with E-state index in [1.165, 1.54) is 25.0 Å². The van der Waals surface area contributed by atoms with Crippen LogP contribution in [0, 0.1) is 12.3 Å². The molecule has 0 heterocycles. The number of rotatable bonds is 9. The average molecular weight is 885 g/mol. The van der Waals surface area contributed by atoms with Crippen LogP contribution in [0.25, 0.3) is 27.1 Å². The molecule has 1 aliphatic carbocycles. The van der Waals surface area contributed by atoms with E-state index in [1.807, 2.05) is 113 Å². The lowest BCUT2D eigenvalue weighted by Crippen LogP contribution is -2.05. The molecule has 0 radical (unpaired) electrons. The summed E-state index contributed by atoms with van der Waals surface area (Å²) >= 11 is 0. The summed E-state index contributed by atoms with van der Waals surface area (Å²) in [5, 5.41) is 23.8. The molecule has 6 aromatic carbocycles. The summed E-state index contributed by atoms with van der Waals surface area (Å²) in [6.07, 6.45) is 10.4. The van der Waals surface area contributed by atoms with Crippen LogP contribution >= 0.6 is 0 Å². The van der Waals surface area contributed by atoms with Gasteiger partial charge in [-0.3, -0.25) is 9.59 Å². The predicted octanol–water partition coefficient (Wildman–Crippen LogP) is 14.3. The van der Waals surface area contributed by atoms with Crippen molar-refractivity contribution < 1.29 is 14.7 Å². The first-order chi connectivity index (χ1) is 31.8. The van der Waals surface area contributed by atoms with Gasteiger partial charge in [-0.2, -0.15) is 0 Å². The third kappa shape index (κ3) is 16.5. The van der Waals surface area contributed by atoms with E-state index < -0.39 is 0 Å². The van der Waals surface area contributed by atoms with Crippen LogP contribution in [0.1, 0.15) is 103 Å². The molecule has 0 atom stereocenters. The number of benzene rings is 6. The van der Waals surface area contributed by atoms with Gasteiger partial charge in [0.2, 0.25) is 5.91 Å². The van der Waals surface area contributed by atoms with E-state index in [2.05, 4.69) is 99.3 Å². The predicted molar refractivity (Wildman–Crippen MR) is 285 cm³/mol. The highest BCUT2D eigenvalue weighted by Crippen LogP contribution is 2.39. The van der Waals surface area contributed by atoms with E-state index in [0.717, 1.165) is 79.1 Å². The lowest BCUT2D eigenvalue weighted by atomic mass is 9.92. The van der Waals surface area contributed by atoms with Gasteiger partial charge in [-0.1, -0.05) is 180 Å². The van der Waals surface area contributed by atoms with Crippen LogP contribution in [0.4, 0.5) is 5.69 Å². The van der Waals surface area contributed by atoms with Gasteiger partial charge in [0.05, 0.1) is 11.3 Å². The normalized spacial score (nSPS) is 12.8. The Balaban J connectivity index is 0.000000507. The molecule has 0 saturated carbocycles. The van der Waals surface area contributed by atoms with Crippen molar-refractivity contribution in [3.8, 4) is 0 Å². The number of nitrogen functional groups attached to an aromatic ring is 1. The number of hydrogen-bond donors (Lipinski definition) is 5. The highest BCUT2D eigenvalue weighted by molar-refractivity contribution is 6.15. The van der Waals surface area contributed by atoms with Gasteiger partial charge in [-0.05, 0) is 120 Å². The number of nitrogens with two attached hydrogens (primary N) is 3. The number of aliphatic hydroxyl groups excluding tert-OH is 1. The lowest BCUT2D eigenvalue weighted by Gasteiger charge is -2.12. The van der Waals surface area contributed by atoms with Gasteiger partial charge in [-0.25, -0.2) is 0 Å². The van der Waals surface area contributed by atoms with E-state index in [-0.39, 0.29) is 17.4 Å². The maximum atomic E-state index is 12.8. The van der Waals surface area contributed by atoms with Crippen molar-refractivity contribution in [3.05, 3.63) is 214 Å². The number of hydrogen-bond acceptors (Lipinski definition) is 6. The molecule has 66 heavy (non-hydrogen) atoms. The average Bonchev–Trinajstić information content (AvgIpc) is 3.72. The minimum atomic E-state index is -0.333. The zero-order chi connectivity index (χ0) is 49.2. The largest absolute Gasteiger partial charge is 0.512 e. The molecule has 0 aliphatic heterocycles. The fourth-order valence-corrected chi connectivity index (χ4v) is 7.36. The standard InChI is InChI=1S/C38H36N2O2.C8H10.C7H9N.C2H5NO.2C2H6/c1-23(31-14-6-12-28-13-8-16-34(40)38(28)31)17-18-29-19-20-30(37(29)36(25(3)41)26(4)42)21-22-33(39)32-15-7-11-27-10-5-9-24(2)35(27)32;1-2-8-6-4-3-5-7-8;8-6-7-4-2-1-3-5-7;1-2(3)4;2*1-2/h5-18,21-22,39,41H,19-20,40H2,1-4H3;3-7H,2H2,1H3;1-5H,6,8H2;1H3,(H2,3,4);2*1-2H3/b22-21?,23-17+,29-18+,36-25?,39-33?;;;;;. The van der Waals surface area contributed by atoms with Crippen LogP contribution in [0.5, 0.6) is 0 Å². The van der Waals surface area contributed by atoms with Gasteiger partial charge >= 0.3 is 0 Å². The smallest absolute Gasteiger partial charge is 0.214 e. The molecule has 0 spiro atoms. The summed E-state index contributed by atoms with van der Waals surface area (Å²) < 4.78 is 0. The van der Waals surface area contributed by atoms with Crippen LogP contribution in [0.2, 0.25) is 0 Å². The molecule has 0 aromatic heterocycles. The first kappa shape index (κ1) is 55.0. The van der Waals surface area contributed by atoms with Crippen LogP contribution in [0.15, 0.2) is 186 Å². The number of amides is 1. The number of nitrogens with one attached hydrogen (secondary N) is 1. The highest BCUT2D eigenvalue weighted by atomic mass is 16.3. The maximum Gasteiger partial charge on any atom is 0.214 e. The number of fused-ring (bicyclic) bond motifs is 2. The number of anilines is 1. The van der Waals surface area contributed by atoms with Crippen molar-refractivity contribution in [2.45, 2.75) is 95.0 Å². The van der Waals surface area contributed by atoms with Crippen LogP contribution < -0.4 is 17.2 Å². The topological polar surface area (TPSA) is 156 Å². The summed E-state index contributed by atoms with van der Waals surface area (Å²) in [6, 6.07) is 44.7. The summed E-state index contributed by atoms with van der Waals surface area (Å²) in [6.45, 7) is 19.3. The molecule has 0 saturated heterocycles. The van der Waals surface area contributed by atoms with Crippen LogP contribution in [-0.4, -0.2) is 22.5 Å². The number of Topliss-reactive ketones (excluding diaryl/α,β-unsaturated/α-hetero) is 1. The monoisotopic (exact) mass is 885 g/mol. The van der Waals surface area contributed by atoms with Gasteiger partial charge < -0.3 is 27.7 Å². The molecule has 1 amide bonds. The van der Waals surface area contributed by atoms with Crippen molar-refractivity contribution in [2.24, 2.45) is 11.5 Å². The molecule has 0 fully saturated rings. The van der Waals surface area contributed by atoms with Crippen molar-refractivity contribution in [1.29, 1.82) is 5.41 Å². The molecule has 7 heteroatoms. The number of carbonyl (C=O) groups is 2. The Hall–Kier alpha value is -7.09. The Morgan fingerprint density at radius 2 is 1.18 bits per heavy atom. The second kappa shape index (κ2) is 29.4. The summed E-state index contributed by atoms with van der Waals surface area (Å²) in [5.74, 6) is -0.524.